The smallest absolute Gasteiger partial charge is 0.204 e. The van der Waals surface area contributed by atoms with Gasteiger partial charge in [-0.3, -0.25) is 0 Å². The van der Waals surface area contributed by atoms with Crippen molar-refractivity contribution in [3.05, 3.63) is 57.5 Å². The molecule has 0 atom stereocenters. The van der Waals surface area contributed by atoms with Crippen LogP contribution in [0.25, 0.3) is 11.4 Å². The number of rotatable bonds is 5. The monoisotopic (exact) mass is 368 g/mol. The fraction of sp³-hybridized carbons (Fsp3) is 0.133. The number of tetrazole rings is 1. The molecule has 0 bridgehead atoms. The van der Waals surface area contributed by atoms with Gasteiger partial charge >= 0.3 is 0 Å². The molecule has 1 aromatic heterocycles. The Labute approximate surface area is 147 Å². The van der Waals surface area contributed by atoms with E-state index in [0.29, 0.717) is 39.8 Å². The summed E-state index contributed by atoms with van der Waals surface area (Å²) in [6, 6.07) is 12.3. The van der Waals surface area contributed by atoms with Crippen LogP contribution < -0.4 is 4.74 Å². The first-order chi connectivity index (χ1) is 11.1. The summed E-state index contributed by atoms with van der Waals surface area (Å²) in [5.41, 5.74) is 0.811. The lowest BCUT2D eigenvalue weighted by Crippen LogP contribution is -2.11. The molecule has 0 unspecified atom stereocenters. The summed E-state index contributed by atoms with van der Waals surface area (Å²) >= 11 is 17.8. The molecule has 1 heterocycles. The van der Waals surface area contributed by atoms with Crippen LogP contribution in [0.1, 0.15) is 0 Å². The molecule has 0 N–H and O–H groups in total. The van der Waals surface area contributed by atoms with Gasteiger partial charge in [0, 0.05) is 15.6 Å². The first-order valence-electron chi connectivity index (χ1n) is 6.73. The van der Waals surface area contributed by atoms with Gasteiger partial charge in [-0.05, 0) is 35.5 Å². The van der Waals surface area contributed by atoms with Gasteiger partial charge in [-0.2, -0.15) is 4.80 Å². The molecular weight excluding hydrogens is 359 g/mol. The second-order valence-electron chi connectivity index (χ2n) is 4.64. The average molecular weight is 370 g/mol. The fourth-order valence-corrected chi connectivity index (χ4v) is 2.56. The number of hydrogen-bond donors (Lipinski definition) is 0. The predicted molar refractivity (Wildman–Crippen MR) is 90.2 cm³/mol. The van der Waals surface area contributed by atoms with Crippen molar-refractivity contribution in [1.29, 1.82) is 0 Å². The lowest BCUT2D eigenvalue weighted by Gasteiger charge is -2.07. The van der Waals surface area contributed by atoms with Crippen molar-refractivity contribution in [2.45, 2.75) is 6.54 Å². The number of hydrogen-bond acceptors (Lipinski definition) is 4. The molecule has 2 aromatic carbocycles. The molecule has 0 aliphatic carbocycles. The van der Waals surface area contributed by atoms with Gasteiger partial charge in [-0.15, -0.1) is 10.2 Å². The van der Waals surface area contributed by atoms with E-state index < -0.39 is 0 Å². The Kier molecular flexibility index (Phi) is 5.00. The number of halogens is 3. The van der Waals surface area contributed by atoms with Gasteiger partial charge in [0.25, 0.3) is 0 Å². The quantitative estimate of drug-likeness (QED) is 0.670. The number of aromatic nitrogens is 4. The number of ether oxygens (including phenoxy) is 1. The highest BCUT2D eigenvalue weighted by atomic mass is 35.5. The van der Waals surface area contributed by atoms with Crippen LogP contribution in [0.3, 0.4) is 0 Å². The van der Waals surface area contributed by atoms with E-state index in [1.54, 1.807) is 30.3 Å². The molecule has 0 aliphatic rings. The Hall–Kier alpha value is -1.82. The predicted octanol–water partition coefficient (Wildman–Crippen LogP) is 4.38. The lowest BCUT2D eigenvalue weighted by molar-refractivity contribution is 0.280. The summed E-state index contributed by atoms with van der Waals surface area (Å²) in [4.78, 5) is 1.46. The van der Waals surface area contributed by atoms with Crippen molar-refractivity contribution >= 4 is 34.8 Å². The van der Waals surface area contributed by atoms with Gasteiger partial charge in [-0.25, -0.2) is 0 Å². The second kappa shape index (κ2) is 7.17. The summed E-state index contributed by atoms with van der Waals surface area (Å²) in [6.45, 7) is 0.791. The standard InChI is InChI=1S/C15H11Cl3N4O/c16-11-3-1-2-10(8-11)15-19-21-22(20-15)6-7-23-14-5-4-12(17)9-13(14)18/h1-5,8-9H,6-7H2. The molecule has 23 heavy (non-hydrogen) atoms. The van der Waals surface area contributed by atoms with Gasteiger partial charge < -0.3 is 4.74 Å². The zero-order chi connectivity index (χ0) is 16.2. The van der Waals surface area contributed by atoms with E-state index in [0.717, 1.165) is 5.56 Å². The molecule has 0 saturated heterocycles. The molecule has 3 rings (SSSR count). The van der Waals surface area contributed by atoms with Crippen molar-refractivity contribution in [3.8, 4) is 17.1 Å². The van der Waals surface area contributed by atoms with Gasteiger partial charge in [0.1, 0.15) is 12.4 Å². The topological polar surface area (TPSA) is 52.8 Å². The van der Waals surface area contributed by atoms with Gasteiger partial charge in [0.05, 0.1) is 11.6 Å². The third-order valence-electron chi connectivity index (χ3n) is 2.98. The molecule has 118 valence electrons. The molecule has 0 radical (unpaired) electrons. The lowest BCUT2D eigenvalue weighted by atomic mass is 10.2. The van der Waals surface area contributed by atoms with Gasteiger partial charge in [0.15, 0.2) is 0 Å². The van der Waals surface area contributed by atoms with Crippen molar-refractivity contribution in [2.24, 2.45) is 0 Å². The minimum absolute atomic E-state index is 0.354. The highest BCUT2D eigenvalue weighted by Crippen LogP contribution is 2.27. The highest BCUT2D eigenvalue weighted by Gasteiger charge is 2.07. The third kappa shape index (κ3) is 4.13. The molecule has 0 aliphatic heterocycles. The molecule has 0 amide bonds. The van der Waals surface area contributed by atoms with Crippen molar-refractivity contribution in [3.63, 3.8) is 0 Å². The first-order valence-corrected chi connectivity index (χ1v) is 7.87. The Balaban J connectivity index is 1.61. The SMILES string of the molecule is Clc1cccc(-c2nnn(CCOc3ccc(Cl)cc3Cl)n2)c1. The van der Waals surface area contributed by atoms with E-state index >= 15 is 0 Å². The van der Waals surface area contributed by atoms with Crippen LogP contribution in [-0.2, 0) is 6.54 Å². The van der Waals surface area contributed by atoms with Crippen molar-refractivity contribution in [1.82, 2.24) is 20.2 Å². The maximum absolute atomic E-state index is 6.04. The Morgan fingerprint density at radius 3 is 2.61 bits per heavy atom. The van der Waals surface area contributed by atoms with Crippen LogP contribution in [0.15, 0.2) is 42.5 Å². The Bertz CT molecular complexity index is 822. The normalized spacial score (nSPS) is 10.7. The maximum Gasteiger partial charge on any atom is 0.204 e. The van der Waals surface area contributed by atoms with Crippen LogP contribution in [-0.4, -0.2) is 26.8 Å². The largest absolute Gasteiger partial charge is 0.490 e. The summed E-state index contributed by atoms with van der Waals surface area (Å²) in [7, 11) is 0. The zero-order valence-electron chi connectivity index (χ0n) is 11.8. The van der Waals surface area contributed by atoms with Crippen LogP contribution in [0, 0.1) is 0 Å². The van der Waals surface area contributed by atoms with Crippen LogP contribution in [0.2, 0.25) is 15.1 Å². The summed E-state index contributed by atoms with van der Waals surface area (Å²) < 4.78 is 5.59. The summed E-state index contributed by atoms with van der Waals surface area (Å²) in [6.07, 6.45) is 0. The maximum atomic E-state index is 6.04. The van der Waals surface area contributed by atoms with Crippen molar-refractivity contribution in [2.75, 3.05) is 6.61 Å². The van der Waals surface area contributed by atoms with E-state index in [1.165, 1.54) is 4.80 Å². The minimum atomic E-state index is 0.354. The minimum Gasteiger partial charge on any atom is -0.490 e. The van der Waals surface area contributed by atoms with E-state index in [1.807, 2.05) is 12.1 Å². The van der Waals surface area contributed by atoms with Gasteiger partial charge in [0.2, 0.25) is 5.82 Å². The second-order valence-corrected chi connectivity index (χ2v) is 5.92. The molecule has 5 nitrogen and oxygen atoms in total. The number of nitrogens with zero attached hydrogens (tertiary/aromatic N) is 4. The molecule has 3 aromatic rings. The van der Waals surface area contributed by atoms with E-state index in [2.05, 4.69) is 15.4 Å². The van der Waals surface area contributed by atoms with Crippen LogP contribution in [0.4, 0.5) is 0 Å². The molecule has 0 spiro atoms. The Morgan fingerprint density at radius 1 is 1.00 bits per heavy atom. The first kappa shape index (κ1) is 16.1. The molecule has 0 saturated carbocycles. The van der Waals surface area contributed by atoms with Crippen molar-refractivity contribution < 1.29 is 4.74 Å². The van der Waals surface area contributed by atoms with Crippen LogP contribution in [0.5, 0.6) is 5.75 Å². The van der Waals surface area contributed by atoms with Crippen LogP contribution >= 0.6 is 34.8 Å². The van der Waals surface area contributed by atoms with E-state index in [4.69, 9.17) is 39.5 Å². The van der Waals surface area contributed by atoms with Gasteiger partial charge in [-0.1, -0.05) is 46.9 Å². The highest BCUT2D eigenvalue weighted by molar-refractivity contribution is 6.35. The van der Waals surface area contributed by atoms with E-state index in [9.17, 15) is 0 Å². The molecule has 0 fully saturated rings. The molecule has 8 heteroatoms. The number of benzene rings is 2. The fourth-order valence-electron chi connectivity index (χ4n) is 1.91. The summed E-state index contributed by atoms with van der Waals surface area (Å²) in [5, 5.41) is 13.9. The summed E-state index contributed by atoms with van der Waals surface area (Å²) in [5.74, 6) is 1.07. The Morgan fingerprint density at radius 2 is 1.83 bits per heavy atom. The third-order valence-corrected chi connectivity index (χ3v) is 3.74. The molecular formula is C15H11Cl3N4O. The average Bonchev–Trinajstić information content (AvgIpc) is 2.98. The zero-order valence-corrected chi connectivity index (χ0v) is 14.1. The van der Waals surface area contributed by atoms with E-state index in [-0.39, 0.29) is 0 Å².